The molecule has 2 aromatic carbocycles. The van der Waals surface area contributed by atoms with E-state index in [0.29, 0.717) is 10.1 Å². The molecule has 0 amide bonds. The van der Waals surface area contributed by atoms with Crippen LogP contribution in [0.25, 0.3) is 22.2 Å². The quantitative estimate of drug-likeness (QED) is 0.603. The molecule has 24 heavy (non-hydrogen) atoms. The highest BCUT2D eigenvalue weighted by Crippen LogP contribution is 2.36. The number of benzene rings is 2. The van der Waals surface area contributed by atoms with Crippen molar-refractivity contribution in [2.75, 3.05) is 0 Å². The Labute approximate surface area is 132 Å². The lowest BCUT2D eigenvalue weighted by Crippen LogP contribution is -2.17. The summed E-state index contributed by atoms with van der Waals surface area (Å²) in [6.07, 6.45) is -7.94. The number of alkyl halides is 5. The van der Waals surface area contributed by atoms with Gasteiger partial charge in [0.15, 0.2) is 0 Å². The Bertz CT molecular complexity index is 868. The van der Waals surface area contributed by atoms with Gasteiger partial charge in [0, 0.05) is 5.56 Å². The van der Waals surface area contributed by atoms with Crippen LogP contribution in [0.2, 0.25) is 0 Å². The van der Waals surface area contributed by atoms with Gasteiger partial charge in [-0.3, -0.25) is 0 Å². The van der Waals surface area contributed by atoms with Crippen LogP contribution < -0.4 is 0 Å². The molecule has 0 saturated heterocycles. The van der Waals surface area contributed by atoms with Gasteiger partial charge in [-0.1, -0.05) is 30.3 Å². The van der Waals surface area contributed by atoms with Crippen LogP contribution in [0, 0.1) is 5.82 Å². The average molecular weight is 344 g/mol. The van der Waals surface area contributed by atoms with E-state index in [1.165, 1.54) is 12.1 Å². The van der Waals surface area contributed by atoms with Gasteiger partial charge in [0.05, 0.1) is 17.6 Å². The molecule has 1 aromatic heterocycles. The van der Waals surface area contributed by atoms with E-state index in [9.17, 15) is 26.3 Å². The average Bonchev–Trinajstić information content (AvgIpc) is 2.86. The lowest BCUT2D eigenvalue weighted by Gasteiger charge is -2.10. The number of halogens is 6. The van der Waals surface area contributed by atoms with Crippen LogP contribution in [0.1, 0.15) is 5.82 Å². The van der Waals surface area contributed by atoms with Crippen LogP contribution in [0.3, 0.4) is 0 Å². The van der Waals surface area contributed by atoms with Crippen molar-refractivity contribution in [1.29, 1.82) is 0 Å². The van der Waals surface area contributed by atoms with Gasteiger partial charge in [-0.15, -0.1) is 0 Å². The molecular formula is C16H10F6N2. The van der Waals surface area contributed by atoms with E-state index in [1.54, 1.807) is 18.2 Å². The van der Waals surface area contributed by atoms with Crippen molar-refractivity contribution in [3.05, 3.63) is 54.1 Å². The lowest BCUT2D eigenvalue weighted by molar-refractivity contribution is -0.147. The van der Waals surface area contributed by atoms with Crippen molar-refractivity contribution in [1.82, 2.24) is 9.55 Å². The summed E-state index contributed by atoms with van der Waals surface area (Å²) in [7, 11) is 0. The summed E-state index contributed by atoms with van der Waals surface area (Å²) >= 11 is 0. The molecular weight excluding hydrogens is 334 g/mol. The summed E-state index contributed by atoms with van der Waals surface area (Å²) in [6, 6.07) is 9.85. The Kier molecular flexibility index (Phi) is 3.98. The number of aromatic nitrogens is 2. The first kappa shape index (κ1) is 16.4. The Morgan fingerprint density at radius 1 is 1.00 bits per heavy atom. The van der Waals surface area contributed by atoms with Crippen molar-refractivity contribution in [3.63, 3.8) is 0 Å². The first-order chi connectivity index (χ1) is 11.3. The van der Waals surface area contributed by atoms with Crippen LogP contribution in [-0.2, 0) is 12.7 Å². The van der Waals surface area contributed by atoms with Gasteiger partial charge in [-0.25, -0.2) is 18.2 Å². The van der Waals surface area contributed by atoms with Gasteiger partial charge >= 0.3 is 6.18 Å². The molecule has 0 atom stereocenters. The molecule has 0 aliphatic carbocycles. The van der Waals surface area contributed by atoms with E-state index in [0.717, 1.165) is 12.1 Å². The molecule has 0 N–H and O–H groups in total. The zero-order chi connectivity index (χ0) is 17.5. The fourth-order valence-electron chi connectivity index (χ4n) is 2.59. The highest BCUT2D eigenvalue weighted by Gasteiger charge is 2.38. The fourth-order valence-corrected chi connectivity index (χ4v) is 2.59. The van der Waals surface area contributed by atoms with Crippen molar-refractivity contribution >= 4 is 11.0 Å². The molecule has 0 bridgehead atoms. The maximum Gasteiger partial charge on any atom is 0.449 e. The van der Waals surface area contributed by atoms with Crippen molar-refractivity contribution in [2.24, 2.45) is 0 Å². The molecule has 1 heterocycles. The summed E-state index contributed by atoms with van der Waals surface area (Å²) in [5.74, 6) is -2.25. The minimum Gasteiger partial charge on any atom is -0.315 e. The van der Waals surface area contributed by atoms with Crippen LogP contribution in [0.15, 0.2) is 42.5 Å². The topological polar surface area (TPSA) is 17.8 Å². The van der Waals surface area contributed by atoms with Crippen LogP contribution in [0.4, 0.5) is 26.3 Å². The Morgan fingerprint density at radius 2 is 1.67 bits per heavy atom. The van der Waals surface area contributed by atoms with E-state index in [2.05, 4.69) is 4.98 Å². The molecule has 2 nitrogen and oxygen atoms in total. The van der Waals surface area contributed by atoms with Gasteiger partial charge in [0.25, 0.3) is 6.43 Å². The summed E-state index contributed by atoms with van der Waals surface area (Å²) in [5, 5.41) is 0. The highest BCUT2D eigenvalue weighted by atomic mass is 19.4. The maximum absolute atomic E-state index is 14.2. The summed E-state index contributed by atoms with van der Waals surface area (Å²) in [6.45, 7) is -1.18. The molecule has 0 spiro atoms. The summed E-state index contributed by atoms with van der Waals surface area (Å²) in [5.41, 5.74) is -0.320. The van der Waals surface area contributed by atoms with Crippen molar-refractivity contribution in [2.45, 2.75) is 19.1 Å². The van der Waals surface area contributed by atoms with Gasteiger partial charge in [0.2, 0.25) is 5.82 Å². The summed E-state index contributed by atoms with van der Waals surface area (Å²) < 4.78 is 79.5. The normalized spacial score (nSPS) is 12.3. The Balaban J connectivity index is 2.35. The molecule has 0 aliphatic rings. The van der Waals surface area contributed by atoms with E-state index in [4.69, 9.17) is 0 Å². The molecule has 8 heteroatoms. The van der Waals surface area contributed by atoms with Crippen LogP contribution >= 0.6 is 0 Å². The van der Waals surface area contributed by atoms with E-state index < -0.39 is 30.8 Å². The largest absolute Gasteiger partial charge is 0.449 e. The number of hydrogen-bond acceptors (Lipinski definition) is 1. The Hall–Kier alpha value is -2.51. The van der Waals surface area contributed by atoms with Gasteiger partial charge in [-0.05, 0) is 17.7 Å². The number of imidazole rings is 1. The third-order valence-corrected chi connectivity index (χ3v) is 3.51. The smallest absolute Gasteiger partial charge is 0.315 e. The molecule has 0 radical (unpaired) electrons. The third kappa shape index (κ3) is 2.83. The first-order valence-electron chi connectivity index (χ1n) is 6.88. The van der Waals surface area contributed by atoms with Crippen LogP contribution in [0.5, 0.6) is 0 Å². The van der Waals surface area contributed by atoms with Gasteiger partial charge in [0.1, 0.15) is 5.82 Å². The minimum absolute atomic E-state index is 0.147. The maximum atomic E-state index is 14.2. The second kappa shape index (κ2) is 5.85. The van der Waals surface area contributed by atoms with E-state index in [1.807, 2.05) is 0 Å². The van der Waals surface area contributed by atoms with Crippen molar-refractivity contribution in [3.8, 4) is 11.1 Å². The molecule has 126 valence electrons. The molecule has 0 saturated carbocycles. The molecule has 0 fully saturated rings. The molecule has 0 aliphatic heterocycles. The number of nitrogens with zero attached hydrogens (tertiary/aromatic N) is 2. The Morgan fingerprint density at radius 3 is 2.25 bits per heavy atom. The fraction of sp³-hybridized carbons (Fsp3) is 0.188. The predicted molar refractivity (Wildman–Crippen MR) is 76.1 cm³/mol. The standard InChI is InChI=1S/C16H10F6N2/c17-10-6-7-11-14(13(10)9-4-2-1-3-5-9)23-15(16(20,21)22)24(11)8-12(18)19/h1-7,12H,8H2. The van der Waals surface area contributed by atoms with Gasteiger partial charge in [-0.2, -0.15) is 13.2 Å². The SMILES string of the molecule is Fc1ccc2c(nc(C(F)(F)F)n2CC(F)F)c1-c1ccccc1. The summed E-state index contributed by atoms with van der Waals surface area (Å²) in [4.78, 5) is 3.44. The minimum atomic E-state index is -4.93. The predicted octanol–water partition coefficient (Wildman–Crippen LogP) is 5.13. The van der Waals surface area contributed by atoms with E-state index in [-0.39, 0.29) is 16.6 Å². The second-order valence-electron chi connectivity index (χ2n) is 5.09. The zero-order valence-corrected chi connectivity index (χ0v) is 12.0. The number of fused-ring (bicyclic) bond motifs is 1. The lowest BCUT2D eigenvalue weighted by atomic mass is 10.0. The van der Waals surface area contributed by atoms with Gasteiger partial charge < -0.3 is 4.57 Å². The zero-order valence-electron chi connectivity index (χ0n) is 12.0. The number of rotatable bonds is 3. The molecule has 3 rings (SSSR count). The highest BCUT2D eigenvalue weighted by molar-refractivity contribution is 5.93. The van der Waals surface area contributed by atoms with Crippen molar-refractivity contribution < 1.29 is 26.3 Å². The monoisotopic (exact) mass is 344 g/mol. The van der Waals surface area contributed by atoms with E-state index >= 15 is 0 Å². The first-order valence-corrected chi connectivity index (χ1v) is 6.88. The third-order valence-electron chi connectivity index (χ3n) is 3.51. The molecule has 3 aromatic rings. The molecule has 0 unspecified atom stereocenters. The second-order valence-corrected chi connectivity index (χ2v) is 5.09. The number of hydrogen-bond donors (Lipinski definition) is 0. The van der Waals surface area contributed by atoms with Crippen LogP contribution in [-0.4, -0.2) is 16.0 Å².